The molecule has 2 rings (SSSR count). The van der Waals surface area contributed by atoms with Crippen LogP contribution in [0.15, 0.2) is 18.2 Å². The van der Waals surface area contributed by atoms with Gasteiger partial charge in [-0.3, -0.25) is 13.9 Å². The van der Waals surface area contributed by atoms with Gasteiger partial charge in [-0.2, -0.15) is 0 Å². The van der Waals surface area contributed by atoms with E-state index in [4.69, 9.17) is 9.05 Å². The number of benzene rings is 1. The van der Waals surface area contributed by atoms with E-state index in [9.17, 15) is 9.36 Å². The Hall–Kier alpha value is -1.16. The molecule has 1 aliphatic heterocycles. The second kappa shape index (κ2) is 6.08. The van der Waals surface area contributed by atoms with Crippen LogP contribution in [-0.4, -0.2) is 19.7 Å². The number of aryl methyl sites for hydroxylation is 1. The minimum atomic E-state index is -3.34. The van der Waals surface area contributed by atoms with Crippen LogP contribution < -0.4 is 5.30 Å². The number of methoxy groups -OCH3 is 1. The zero-order valence-corrected chi connectivity index (χ0v) is 12.8. The van der Waals surface area contributed by atoms with Crippen LogP contribution in [0.4, 0.5) is 0 Å². The maximum Gasteiger partial charge on any atom is 0.362 e. The second-order valence-corrected chi connectivity index (χ2v) is 6.41. The van der Waals surface area contributed by atoms with Crippen molar-refractivity contribution in [3.05, 3.63) is 29.3 Å². The first-order chi connectivity index (χ1) is 9.55. The van der Waals surface area contributed by atoms with Crippen molar-refractivity contribution in [1.29, 1.82) is 0 Å². The molecule has 0 amide bonds. The van der Waals surface area contributed by atoms with E-state index in [1.165, 1.54) is 7.11 Å². The Kier molecular flexibility index (Phi) is 4.63. The molecular formula is C14H19O5P. The average Bonchev–Trinajstić information content (AvgIpc) is 2.72. The topological polar surface area (TPSA) is 61.8 Å². The van der Waals surface area contributed by atoms with Gasteiger partial charge in [-0.15, -0.1) is 0 Å². The van der Waals surface area contributed by atoms with Crippen molar-refractivity contribution in [1.82, 2.24) is 0 Å². The molecule has 20 heavy (non-hydrogen) atoms. The summed E-state index contributed by atoms with van der Waals surface area (Å²) in [5, 5.41) is 0.623. The summed E-state index contributed by atoms with van der Waals surface area (Å²) in [4.78, 5) is 11.5. The molecule has 0 aromatic heterocycles. The molecule has 0 saturated heterocycles. The molecule has 1 aliphatic rings. The summed E-state index contributed by atoms with van der Waals surface area (Å²) in [6, 6.07) is 5.63. The minimum absolute atomic E-state index is 0.0354. The fraction of sp³-hybridized carbons (Fsp3) is 0.500. The van der Waals surface area contributed by atoms with E-state index in [1.807, 2.05) is 25.1 Å². The fourth-order valence-electron chi connectivity index (χ4n) is 2.41. The second-order valence-electron chi connectivity index (χ2n) is 4.50. The molecule has 0 fully saturated rings. The van der Waals surface area contributed by atoms with Gasteiger partial charge < -0.3 is 9.26 Å². The lowest BCUT2D eigenvalue weighted by Gasteiger charge is -2.14. The van der Waals surface area contributed by atoms with Gasteiger partial charge in [0.15, 0.2) is 0 Å². The Morgan fingerprint density at radius 3 is 2.75 bits per heavy atom. The molecule has 1 heterocycles. The van der Waals surface area contributed by atoms with Crippen molar-refractivity contribution in [3.63, 3.8) is 0 Å². The van der Waals surface area contributed by atoms with Crippen LogP contribution in [0.3, 0.4) is 0 Å². The Balaban J connectivity index is 2.46. The van der Waals surface area contributed by atoms with Crippen molar-refractivity contribution in [2.24, 2.45) is 0 Å². The molecule has 6 heteroatoms. The van der Waals surface area contributed by atoms with E-state index >= 15 is 0 Å². The summed E-state index contributed by atoms with van der Waals surface area (Å²) in [6.45, 7) is 4.05. The van der Waals surface area contributed by atoms with Gasteiger partial charge in [-0.1, -0.05) is 25.1 Å². The number of hydrogen-bond donors (Lipinski definition) is 0. The SMILES string of the molecule is CCOP1(=O)OC(CC(=O)OC)c2cccc(CC)c21. The molecular weight excluding hydrogens is 279 g/mol. The highest BCUT2D eigenvalue weighted by Crippen LogP contribution is 2.58. The predicted molar refractivity (Wildman–Crippen MR) is 75.1 cm³/mol. The van der Waals surface area contributed by atoms with Gasteiger partial charge in [0.25, 0.3) is 0 Å². The van der Waals surface area contributed by atoms with E-state index < -0.39 is 19.7 Å². The first kappa shape index (κ1) is 15.2. The zero-order chi connectivity index (χ0) is 14.8. The van der Waals surface area contributed by atoms with Gasteiger partial charge in [0.05, 0.1) is 25.4 Å². The largest absolute Gasteiger partial charge is 0.469 e. The van der Waals surface area contributed by atoms with Crippen molar-refractivity contribution in [2.75, 3.05) is 13.7 Å². The zero-order valence-electron chi connectivity index (χ0n) is 11.9. The summed E-state index contributed by atoms with van der Waals surface area (Å²) in [7, 11) is -2.02. The number of fused-ring (bicyclic) bond motifs is 1. The Morgan fingerprint density at radius 1 is 1.40 bits per heavy atom. The third-order valence-corrected chi connectivity index (χ3v) is 5.52. The molecule has 0 spiro atoms. The lowest BCUT2D eigenvalue weighted by atomic mass is 10.0. The molecule has 0 radical (unpaired) electrons. The summed E-state index contributed by atoms with van der Waals surface area (Å²) in [5.41, 5.74) is 1.71. The summed E-state index contributed by atoms with van der Waals surface area (Å²) in [6.07, 6.45) is 0.198. The third-order valence-electron chi connectivity index (χ3n) is 3.30. The number of hydrogen-bond acceptors (Lipinski definition) is 5. The Bertz CT molecular complexity index is 554. The van der Waals surface area contributed by atoms with E-state index in [2.05, 4.69) is 4.74 Å². The molecule has 0 aliphatic carbocycles. The average molecular weight is 298 g/mol. The molecule has 0 N–H and O–H groups in total. The highest BCUT2D eigenvalue weighted by Gasteiger charge is 2.44. The quantitative estimate of drug-likeness (QED) is 0.618. The first-order valence-corrected chi connectivity index (χ1v) is 8.22. The first-order valence-electron chi connectivity index (χ1n) is 6.67. The molecule has 0 saturated carbocycles. The van der Waals surface area contributed by atoms with Crippen LogP contribution in [-0.2, 0) is 29.6 Å². The number of esters is 1. The van der Waals surface area contributed by atoms with E-state index in [0.717, 1.165) is 17.5 Å². The third kappa shape index (κ3) is 2.66. The van der Waals surface area contributed by atoms with Crippen molar-refractivity contribution >= 4 is 18.9 Å². The van der Waals surface area contributed by atoms with Crippen LogP contribution in [0.25, 0.3) is 0 Å². The van der Waals surface area contributed by atoms with Crippen LogP contribution in [0, 0.1) is 0 Å². The molecule has 2 atom stereocenters. The minimum Gasteiger partial charge on any atom is -0.469 e. The van der Waals surface area contributed by atoms with E-state index in [1.54, 1.807) is 6.92 Å². The molecule has 5 nitrogen and oxygen atoms in total. The highest BCUT2D eigenvalue weighted by molar-refractivity contribution is 7.62. The van der Waals surface area contributed by atoms with Crippen molar-refractivity contribution in [2.45, 2.75) is 32.8 Å². The van der Waals surface area contributed by atoms with Crippen LogP contribution in [0.2, 0.25) is 0 Å². The number of carbonyl (C=O) groups excluding carboxylic acids is 1. The van der Waals surface area contributed by atoms with E-state index in [0.29, 0.717) is 11.9 Å². The Labute approximate surface area is 118 Å². The van der Waals surface area contributed by atoms with Crippen LogP contribution in [0.1, 0.15) is 37.5 Å². The van der Waals surface area contributed by atoms with Crippen LogP contribution >= 0.6 is 7.60 Å². The van der Waals surface area contributed by atoms with Crippen LogP contribution in [0.5, 0.6) is 0 Å². The van der Waals surface area contributed by atoms with Gasteiger partial charge in [0.2, 0.25) is 0 Å². The van der Waals surface area contributed by atoms with Gasteiger partial charge in [-0.05, 0) is 24.5 Å². The highest BCUT2D eigenvalue weighted by atomic mass is 31.2. The number of carbonyl (C=O) groups is 1. The molecule has 1 aromatic rings. The molecule has 2 unspecified atom stereocenters. The van der Waals surface area contributed by atoms with Gasteiger partial charge in [0, 0.05) is 0 Å². The molecule has 110 valence electrons. The maximum absolute atomic E-state index is 12.9. The summed E-state index contributed by atoms with van der Waals surface area (Å²) in [5.74, 6) is -0.396. The standard InChI is InChI=1S/C14H19O5P/c1-4-10-7-6-8-11-12(9-13(15)17-3)19-20(16,14(10)11)18-5-2/h6-8,12H,4-5,9H2,1-3H3. The monoisotopic (exact) mass is 298 g/mol. The maximum atomic E-state index is 12.9. The number of rotatable bonds is 5. The summed E-state index contributed by atoms with van der Waals surface area (Å²) >= 11 is 0. The Morgan fingerprint density at radius 2 is 2.15 bits per heavy atom. The van der Waals surface area contributed by atoms with Gasteiger partial charge in [0.1, 0.15) is 6.10 Å². The van der Waals surface area contributed by atoms with Gasteiger partial charge >= 0.3 is 13.6 Å². The summed E-state index contributed by atoms with van der Waals surface area (Å²) < 4.78 is 28.6. The fourth-order valence-corrected chi connectivity index (χ4v) is 4.69. The smallest absolute Gasteiger partial charge is 0.362 e. The van der Waals surface area contributed by atoms with Crippen molar-refractivity contribution < 1.29 is 23.1 Å². The normalized spacial score (nSPS) is 24.4. The lowest BCUT2D eigenvalue weighted by Crippen LogP contribution is -2.13. The number of ether oxygens (including phenoxy) is 1. The molecule has 0 bridgehead atoms. The van der Waals surface area contributed by atoms with Crippen molar-refractivity contribution in [3.8, 4) is 0 Å². The molecule has 1 aromatic carbocycles. The van der Waals surface area contributed by atoms with Gasteiger partial charge in [-0.25, -0.2) is 0 Å². The predicted octanol–water partition coefficient (Wildman–Crippen LogP) is 2.74. The van der Waals surface area contributed by atoms with E-state index in [-0.39, 0.29) is 6.42 Å². The lowest BCUT2D eigenvalue weighted by molar-refractivity contribution is -0.142.